The summed E-state index contributed by atoms with van der Waals surface area (Å²) in [4.78, 5) is 11.1. The normalized spacial score (nSPS) is 8.40. The Bertz CT molecular complexity index is 79.7. The summed E-state index contributed by atoms with van der Waals surface area (Å²) in [5.41, 5.74) is 13.7. The highest BCUT2D eigenvalue weighted by Crippen LogP contribution is 1.64. The van der Waals surface area contributed by atoms with Crippen LogP contribution in [0.4, 0.5) is 4.79 Å². The molecular weight excluding hydrogens is 132 g/mol. The molecule has 0 bridgehead atoms. The zero-order chi connectivity index (χ0) is 8.57. The van der Waals surface area contributed by atoms with Crippen molar-refractivity contribution in [1.29, 1.82) is 0 Å². The molecule has 0 aromatic heterocycles. The van der Waals surface area contributed by atoms with Gasteiger partial charge >= 0.3 is 6.03 Å². The van der Waals surface area contributed by atoms with Crippen LogP contribution in [0.2, 0.25) is 0 Å². The Balaban J connectivity index is 0. The predicted octanol–water partition coefficient (Wildman–Crippen LogP) is -1.47. The summed E-state index contributed by atoms with van der Waals surface area (Å²) in [6.07, 6.45) is 0. The molecule has 0 aliphatic heterocycles. The fraction of sp³-hybridized carbons (Fsp3) is 0.800. The molecular formula is C5H16N4O. The molecule has 0 aromatic rings. The lowest BCUT2D eigenvalue weighted by Crippen LogP contribution is -2.20. The van der Waals surface area contributed by atoms with Crippen LogP contribution in [0.3, 0.4) is 0 Å². The summed E-state index contributed by atoms with van der Waals surface area (Å²) in [7, 11) is 4.01. The van der Waals surface area contributed by atoms with Crippen molar-refractivity contribution in [1.82, 2.24) is 4.90 Å². The smallest absolute Gasteiger partial charge is 0.309 e. The van der Waals surface area contributed by atoms with Gasteiger partial charge in [-0.2, -0.15) is 0 Å². The second-order valence-corrected chi connectivity index (χ2v) is 1.99. The molecule has 0 rings (SSSR count). The highest BCUT2D eigenvalue weighted by Gasteiger charge is 1.79. The number of urea groups is 1. The van der Waals surface area contributed by atoms with E-state index in [9.17, 15) is 0 Å². The molecule has 0 aromatic carbocycles. The Morgan fingerprint density at radius 2 is 1.70 bits per heavy atom. The van der Waals surface area contributed by atoms with Gasteiger partial charge in [0.1, 0.15) is 0 Å². The Kier molecular flexibility index (Phi) is 9.77. The second-order valence-electron chi connectivity index (χ2n) is 1.99. The SMILES string of the molecule is CN(C)CCN.NC(N)=O. The highest BCUT2D eigenvalue weighted by molar-refractivity contribution is 5.69. The number of hydrogen-bond acceptors (Lipinski definition) is 3. The van der Waals surface area contributed by atoms with Gasteiger partial charge < -0.3 is 22.1 Å². The molecule has 0 spiro atoms. The molecule has 2 amide bonds. The molecule has 0 heterocycles. The van der Waals surface area contributed by atoms with Crippen LogP contribution in [0, 0.1) is 0 Å². The Hall–Kier alpha value is -0.810. The Morgan fingerprint density at radius 3 is 1.70 bits per heavy atom. The first-order valence-corrected chi connectivity index (χ1v) is 2.90. The van der Waals surface area contributed by atoms with Crippen molar-refractivity contribution in [3.8, 4) is 0 Å². The van der Waals surface area contributed by atoms with E-state index >= 15 is 0 Å². The summed E-state index contributed by atoms with van der Waals surface area (Å²) in [6.45, 7) is 1.74. The number of primary amides is 2. The van der Waals surface area contributed by atoms with Gasteiger partial charge in [0.25, 0.3) is 0 Å². The van der Waals surface area contributed by atoms with E-state index in [0.29, 0.717) is 0 Å². The molecule has 0 unspecified atom stereocenters. The minimum atomic E-state index is -0.833. The van der Waals surface area contributed by atoms with E-state index in [1.807, 2.05) is 14.1 Å². The van der Waals surface area contributed by atoms with Gasteiger partial charge in [-0.25, -0.2) is 4.79 Å². The Morgan fingerprint density at radius 1 is 1.40 bits per heavy atom. The first kappa shape index (κ1) is 11.9. The molecule has 5 heteroatoms. The number of rotatable bonds is 2. The van der Waals surface area contributed by atoms with E-state index in [1.165, 1.54) is 0 Å². The van der Waals surface area contributed by atoms with E-state index in [-0.39, 0.29) is 0 Å². The summed E-state index contributed by atoms with van der Waals surface area (Å²) in [6, 6.07) is -0.833. The quantitative estimate of drug-likeness (QED) is 0.446. The zero-order valence-electron chi connectivity index (χ0n) is 6.50. The van der Waals surface area contributed by atoms with Crippen LogP contribution in [0.5, 0.6) is 0 Å². The van der Waals surface area contributed by atoms with Gasteiger partial charge in [-0.3, -0.25) is 0 Å². The van der Waals surface area contributed by atoms with Gasteiger partial charge in [-0.05, 0) is 14.1 Å². The third-order valence-electron chi connectivity index (χ3n) is 0.576. The molecule has 10 heavy (non-hydrogen) atoms. The van der Waals surface area contributed by atoms with Gasteiger partial charge in [-0.1, -0.05) is 0 Å². The van der Waals surface area contributed by atoms with Crippen molar-refractivity contribution in [3.63, 3.8) is 0 Å². The summed E-state index contributed by atoms with van der Waals surface area (Å²) in [5, 5.41) is 0. The monoisotopic (exact) mass is 148 g/mol. The minimum Gasteiger partial charge on any atom is -0.352 e. The van der Waals surface area contributed by atoms with Crippen LogP contribution >= 0.6 is 0 Å². The lowest BCUT2D eigenvalue weighted by molar-refractivity contribution is 0.256. The fourth-order valence-corrected chi connectivity index (χ4v) is 0.258. The molecule has 0 aliphatic rings. The van der Waals surface area contributed by atoms with E-state index in [2.05, 4.69) is 16.4 Å². The van der Waals surface area contributed by atoms with E-state index in [1.54, 1.807) is 0 Å². The second kappa shape index (κ2) is 8.19. The molecule has 0 saturated heterocycles. The van der Waals surface area contributed by atoms with E-state index in [0.717, 1.165) is 13.1 Å². The lowest BCUT2D eigenvalue weighted by atomic mass is 10.6. The maximum atomic E-state index is 9.00. The molecule has 0 aliphatic carbocycles. The molecule has 0 radical (unpaired) electrons. The summed E-state index contributed by atoms with van der Waals surface area (Å²) >= 11 is 0. The van der Waals surface area contributed by atoms with Crippen molar-refractivity contribution in [2.24, 2.45) is 17.2 Å². The van der Waals surface area contributed by atoms with Crippen LogP contribution in [-0.2, 0) is 0 Å². The van der Waals surface area contributed by atoms with Crippen LogP contribution in [-0.4, -0.2) is 38.1 Å². The average Bonchev–Trinajstić information content (AvgIpc) is 1.62. The van der Waals surface area contributed by atoms with Gasteiger partial charge in [-0.15, -0.1) is 0 Å². The van der Waals surface area contributed by atoms with E-state index in [4.69, 9.17) is 10.5 Å². The van der Waals surface area contributed by atoms with Crippen molar-refractivity contribution in [2.45, 2.75) is 0 Å². The van der Waals surface area contributed by atoms with Crippen LogP contribution in [0.1, 0.15) is 0 Å². The topological polar surface area (TPSA) is 98.4 Å². The maximum absolute atomic E-state index is 9.00. The Labute approximate surface area is 61.1 Å². The predicted molar refractivity (Wildman–Crippen MR) is 41.4 cm³/mol. The van der Waals surface area contributed by atoms with Crippen LogP contribution < -0.4 is 17.2 Å². The number of carbonyl (C=O) groups excluding carboxylic acids is 1. The summed E-state index contributed by atoms with van der Waals surface area (Å²) < 4.78 is 0. The molecule has 62 valence electrons. The van der Waals surface area contributed by atoms with Crippen LogP contribution in [0.15, 0.2) is 0 Å². The van der Waals surface area contributed by atoms with Gasteiger partial charge in [0.15, 0.2) is 0 Å². The lowest BCUT2D eigenvalue weighted by Gasteiger charge is -2.03. The number of nitrogens with two attached hydrogens (primary N) is 3. The number of hydrogen-bond donors (Lipinski definition) is 3. The minimum absolute atomic E-state index is 0.757. The first-order valence-electron chi connectivity index (χ1n) is 2.90. The first-order chi connectivity index (χ1) is 4.50. The standard InChI is InChI=1S/C4H12N2.CH4N2O/c1-6(2)4-3-5;2-1(3)4/h3-5H2,1-2H3;(H4,2,3,4). The van der Waals surface area contributed by atoms with E-state index < -0.39 is 6.03 Å². The fourth-order valence-electron chi connectivity index (χ4n) is 0.258. The van der Waals surface area contributed by atoms with Gasteiger partial charge in [0.05, 0.1) is 0 Å². The van der Waals surface area contributed by atoms with Crippen molar-refractivity contribution in [2.75, 3.05) is 27.2 Å². The number of carbonyl (C=O) groups is 1. The molecule has 0 fully saturated rings. The molecule has 0 atom stereocenters. The van der Waals surface area contributed by atoms with Crippen molar-refractivity contribution >= 4 is 6.03 Å². The van der Waals surface area contributed by atoms with Crippen LogP contribution in [0.25, 0.3) is 0 Å². The van der Waals surface area contributed by atoms with Gasteiger partial charge in [0.2, 0.25) is 0 Å². The van der Waals surface area contributed by atoms with Crippen molar-refractivity contribution < 1.29 is 4.79 Å². The highest BCUT2D eigenvalue weighted by atomic mass is 16.2. The summed E-state index contributed by atoms with van der Waals surface area (Å²) in [5.74, 6) is 0. The molecule has 5 nitrogen and oxygen atoms in total. The van der Waals surface area contributed by atoms with Crippen molar-refractivity contribution in [3.05, 3.63) is 0 Å². The van der Waals surface area contributed by atoms with Gasteiger partial charge in [0, 0.05) is 13.1 Å². The largest absolute Gasteiger partial charge is 0.352 e. The number of nitrogens with zero attached hydrogens (tertiary/aromatic N) is 1. The average molecular weight is 148 g/mol. The maximum Gasteiger partial charge on any atom is 0.309 e. The third kappa shape index (κ3) is 57.4. The third-order valence-corrected chi connectivity index (χ3v) is 0.576. The molecule has 0 saturated carbocycles. The molecule has 6 N–H and O–H groups in total. The zero-order valence-corrected chi connectivity index (χ0v) is 6.50. The number of likely N-dealkylation sites (N-methyl/N-ethyl adjacent to an activating group) is 1. The number of amides is 2.